The number of nitrogens with zero attached hydrogens (tertiary/aromatic N) is 1. The highest BCUT2D eigenvalue weighted by atomic mass is 32.2. The van der Waals surface area contributed by atoms with E-state index in [1.807, 2.05) is 6.92 Å². The van der Waals surface area contributed by atoms with Crippen molar-refractivity contribution in [2.45, 2.75) is 13.3 Å². The molecule has 0 unspecified atom stereocenters. The topological polar surface area (TPSA) is 113 Å². The second-order valence-corrected chi connectivity index (χ2v) is 5.73. The molecule has 0 aliphatic rings. The van der Waals surface area contributed by atoms with Crippen LogP contribution in [0, 0.1) is 0 Å². The van der Waals surface area contributed by atoms with E-state index in [4.69, 9.17) is 10.8 Å². The highest BCUT2D eigenvalue weighted by Gasteiger charge is 2.20. The molecule has 0 saturated carbocycles. The van der Waals surface area contributed by atoms with Crippen molar-refractivity contribution in [1.82, 2.24) is 4.72 Å². The summed E-state index contributed by atoms with van der Waals surface area (Å²) in [5, 5.41) is 8.82. The summed E-state index contributed by atoms with van der Waals surface area (Å²) < 4.78 is 27.2. The van der Waals surface area contributed by atoms with Crippen LogP contribution in [0.5, 0.6) is 0 Å². The van der Waals surface area contributed by atoms with Crippen LogP contribution in [0.2, 0.25) is 0 Å². The normalized spacial score (nSPS) is 11.3. The quantitative estimate of drug-likeness (QED) is 0.665. The number of benzene rings is 1. The van der Waals surface area contributed by atoms with Crippen molar-refractivity contribution in [3.8, 4) is 0 Å². The van der Waals surface area contributed by atoms with Crippen molar-refractivity contribution in [2.75, 3.05) is 23.6 Å². The molecule has 1 aromatic carbocycles. The van der Waals surface area contributed by atoms with E-state index in [9.17, 15) is 13.2 Å². The number of carboxylic acid groups (broad SMARTS) is 1. The molecule has 0 amide bonds. The molecule has 0 spiro atoms. The molecule has 8 heteroatoms. The Morgan fingerprint density at radius 1 is 1.47 bits per heavy atom. The maximum Gasteiger partial charge on any atom is 0.335 e. The van der Waals surface area contributed by atoms with E-state index in [0.29, 0.717) is 13.0 Å². The number of hydrogen-bond acceptors (Lipinski definition) is 4. The number of nitrogens with two attached hydrogens (primary N) is 1. The van der Waals surface area contributed by atoms with Crippen LogP contribution in [-0.4, -0.2) is 33.1 Å². The SMILES string of the molecule is CCCNS(=O)(=O)N(C)c1ccc(C(=O)O)cc1N. The van der Waals surface area contributed by atoms with Gasteiger partial charge in [0.1, 0.15) is 0 Å². The monoisotopic (exact) mass is 287 g/mol. The number of carbonyl (C=O) groups is 1. The van der Waals surface area contributed by atoms with Gasteiger partial charge in [0.05, 0.1) is 16.9 Å². The Morgan fingerprint density at radius 2 is 2.11 bits per heavy atom. The molecule has 0 aromatic heterocycles. The van der Waals surface area contributed by atoms with Crippen LogP contribution in [0.1, 0.15) is 23.7 Å². The summed E-state index contributed by atoms with van der Waals surface area (Å²) >= 11 is 0. The highest BCUT2D eigenvalue weighted by molar-refractivity contribution is 7.90. The number of carboxylic acids is 1. The Kier molecular flexibility index (Phi) is 4.73. The van der Waals surface area contributed by atoms with E-state index in [-0.39, 0.29) is 16.9 Å². The molecule has 4 N–H and O–H groups in total. The summed E-state index contributed by atoms with van der Waals surface area (Å²) in [6.45, 7) is 2.17. The summed E-state index contributed by atoms with van der Waals surface area (Å²) in [4.78, 5) is 10.8. The first-order chi connectivity index (χ1) is 8.79. The van der Waals surface area contributed by atoms with Gasteiger partial charge in [0.15, 0.2) is 0 Å². The number of nitrogens with one attached hydrogen (secondary N) is 1. The zero-order chi connectivity index (χ0) is 14.6. The molecule has 0 atom stereocenters. The lowest BCUT2D eigenvalue weighted by Crippen LogP contribution is -2.38. The minimum absolute atomic E-state index is 0.00793. The molecule has 7 nitrogen and oxygen atoms in total. The van der Waals surface area contributed by atoms with Crippen LogP contribution in [0.3, 0.4) is 0 Å². The molecule has 0 bridgehead atoms. The van der Waals surface area contributed by atoms with E-state index in [2.05, 4.69) is 4.72 Å². The first-order valence-corrected chi connectivity index (χ1v) is 7.10. The maximum atomic E-state index is 11.9. The van der Waals surface area contributed by atoms with E-state index >= 15 is 0 Å². The van der Waals surface area contributed by atoms with Gasteiger partial charge >= 0.3 is 16.2 Å². The van der Waals surface area contributed by atoms with Gasteiger partial charge in [0.2, 0.25) is 0 Å². The summed E-state index contributed by atoms with van der Waals surface area (Å²) in [6.07, 6.45) is 0.667. The zero-order valence-electron chi connectivity index (χ0n) is 10.8. The largest absolute Gasteiger partial charge is 0.478 e. The van der Waals surface area contributed by atoms with Gasteiger partial charge in [0, 0.05) is 13.6 Å². The number of nitrogen functional groups attached to an aromatic ring is 1. The Balaban J connectivity index is 3.07. The summed E-state index contributed by atoms with van der Waals surface area (Å²) in [5.41, 5.74) is 6.01. The van der Waals surface area contributed by atoms with Gasteiger partial charge < -0.3 is 10.8 Å². The molecule has 0 radical (unpaired) electrons. The van der Waals surface area contributed by atoms with E-state index < -0.39 is 16.2 Å². The van der Waals surface area contributed by atoms with Crippen LogP contribution in [0.15, 0.2) is 18.2 Å². The van der Waals surface area contributed by atoms with Gasteiger partial charge in [-0.05, 0) is 24.6 Å². The lowest BCUT2D eigenvalue weighted by atomic mass is 10.2. The lowest BCUT2D eigenvalue weighted by Gasteiger charge is -2.21. The van der Waals surface area contributed by atoms with Crippen molar-refractivity contribution >= 4 is 27.6 Å². The average molecular weight is 287 g/mol. The fourth-order valence-electron chi connectivity index (χ4n) is 1.43. The molecule has 0 aliphatic carbocycles. The third-order valence-corrected chi connectivity index (χ3v) is 4.00. The molecule has 1 rings (SSSR count). The number of hydrogen-bond donors (Lipinski definition) is 3. The summed E-state index contributed by atoms with van der Waals surface area (Å²) in [6, 6.07) is 3.90. The molecule has 1 aromatic rings. The molecule has 106 valence electrons. The molecule has 0 heterocycles. The van der Waals surface area contributed by atoms with Gasteiger partial charge in [-0.3, -0.25) is 4.31 Å². The fraction of sp³-hybridized carbons (Fsp3) is 0.364. The van der Waals surface area contributed by atoms with Crippen LogP contribution >= 0.6 is 0 Å². The van der Waals surface area contributed by atoms with Crippen molar-refractivity contribution in [3.05, 3.63) is 23.8 Å². The van der Waals surface area contributed by atoms with Crippen LogP contribution in [0.25, 0.3) is 0 Å². The van der Waals surface area contributed by atoms with Crippen molar-refractivity contribution in [3.63, 3.8) is 0 Å². The van der Waals surface area contributed by atoms with Gasteiger partial charge in [-0.15, -0.1) is 0 Å². The molecular weight excluding hydrogens is 270 g/mol. The van der Waals surface area contributed by atoms with Crippen molar-refractivity contribution in [1.29, 1.82) is 0 Å². The molecule has 0 aliphatic heterocycles. The Hall–Kier alpha value is -1.80. The van der Waals surface area contributed by atoms with Crippen LogP contribution in [0.4, 0.5) is 11.4 Å². The smallest absolute Gasteiger partial charge is 0.335 e. The van der Waals surface area contributed by atoms with Crippen LogP contribution in [-0.2, 0) is 10.2 Å². The summed E-state index contributed by atoms with van der Waals surface area (Å²) in [5.74, 6) is -1.12. The second kappa shape index (κ2) is 5.89. The minimum Gasteiger partial charge on any atom is -0.478 e. The Morgan fingerprint density at radius 3 is 2.58 bits per heavy atom. The Bertz CT molecular complexity index is 571. The molecule has 0 fully saturated rings. The fourth-order valence-corrected chi connectivity index (χ4v) is 2.51. The van der Waals surface area contributed by atoms with Gasteiger partial charge in [-0.2, -0.15) is 13.1 Å². The molecule has 19 heavy (non-hydrogen) atoms. The second-order valence-electron chi connectivity index (χ2n) is 3.95. The zero-order valence-corrected chi connectivity index (χ0v) is 11.6. The van der Waals surface area contributed by atoms with Crippen molar-refractivity contribution in [2.24, 2.45) is 0 Å². The van der Waals surface area contributed by atoms with E-state index in [0.717, 1.165) is 4.31 Å². The average Bonchev–Trinajstić information content (AvgIpc) is 2.35. The van der Waals surface area contributed by atoms with Gasteiger partial charge in [-0.1, -0.05) is 6.92 Å². The minimum atomic E-state index is -3.68. The Labute approximate surface area is 112 Å². The first kappa shape index (κ1) is 15.3. The van der Waals surface area contributed by atoms with Crippen molar-refractivity contribution < 1.29 is 18.3 Å². The third-order valence-electron chi connectivity index (χ3n) is 2.51. The van der Waals surface area contributed by atoms with Gasteiger partial charge in [0.25, 0.3) is 0 Å². The molecular formula is C11H17N3O4S. The number of rotatable bonds is 6. The maximum absolute atomic E-state index is 11.9. The predicted molar refractivity (Wildman–Crippen MR) is 73.4 cm³/mol. The number of aromatic carboxylic acids is 1. The number of anilines is 2. The lowest BCUT2D eigenvalue weighted by molar-refractivity contribution is 0.0697. The first-order valence-electron chi connectivity index (χ1n) is 5.66. The summed E-state index contributed by atoms with van der Waals surface area (Å²) in [7, 11) is -2.32. The highest BCUT2D eigenvalue weighted by Crippen LogP contribution is 2.25. The van der Waals surface area contributed by atoms with Crippen LogP contribution < -0.4 is 14.8 Å². The van der Waals surface area contributed by atoms with E-state index in [1.165, 1.54) is 25.2 Å². The van der Waals surface area contributed by atoms with Gasteiger partial charge in [-0.25, -0.2) is 4.79 Å². The predicted octanol–water partition coefficient (Wildman–Crippen LogP) is 0.648. The standard InChI is InChI=1S/C11H17N3O4S/c1-3-6-13-19(17,18)14(2)10-5-4-8(11(15)16)7-9(10)12/h4-5,7,13H,3,6,12H2,1-2H3,(H,15,16). The third kappa shape index (κ3) is 3.58. The molecule has 0 saturated heterocycles. The van der Waals surface area contributed by atoms with E-state index in [1.54, 1.807) is 0 Å².